The molecule has 0 radical (unpaired) electrons. The van der Waals surface area contributed by atoms with Crippen LogP contribution >= 0.6 is 0 Å². The Morgan fingerprint density at radius 3 is 2.53 bits per heavy atom. The molecule has 0 heterocycles. The molecule has 0 atom stereocenters. The number of nitrogens with one attached hydrogen (secondary N) is 1. The van der Waals surface area contributed by atoms with Crippen LogP contribution in [0.1, 0.15) is 44.6 Å². The molecule has 1 aromatic rings. The minimum atomic E-state index is -0.778. The van der Waals surface area contributed by atoms with E-state index in [-0.39, 0.29) is 0 Å². The van der Waals surface area contributed by atoms with Gasteiger partial charge in [0.2, 0.25) is 0 Å². The molecule has 1 aliphatic rings. The fraction of sp³-hybridized carbons (Fsp3) is 0.625. The van der Waals surface area contributed by atoms with Gasteiger partial charge in [-0.3, -0.25) is 0 Å². The van der Waals surface area contributed by atoms with Crippen LogP contribution in [0, 0.1) is 23.5 Å². The van der Waals surface area contributed by atoms with Crippen LogP contribution in [0.25, 0.3) is 0 Å². The molecule has 1 aliphatic carbocycles. The summed E-state index contributed by atoms with van der Waals surface area (Å²) in [6, 6.07) is 4.09. The highest BCUT2D eigenvalue weighted by molar-refractivity contribution is 5.17. The Morgan fingerprint density at radius 2 is 1.84 bits per heavy atom. The Labute approximate surface area is 114 Å². The monoisotopic (exact) mass is 267 g/mol. The lowest BCUT2D eigenvalue weighted by molar-refractivity contribution is 0.275. The summed E-state index contributed by atoms with van der Waals surface area (Å²) in [6.07, 6.45) is 6.58. The summed E-state index contributed by atoms with van der Waals surface area (Å²) < 4.78 is 25.8. The van der Waals surface area contributed by atoms with Gasteiger partial charge in [-0.15, -0.1) is 0 Å². The van der Waals surface area contributed by atoms with Crippen molar-refractivity contribution in [2.75, 3.05) is 6.54 Å². The zero-order valence-corrected chi connectivity index (χ0v) is 11.6. The van der Waals surface area contributed by atoms with Crippen LogP contribution in [0.3, 0.4) is 0 Å². The third-order valence-corrected chi connectivity index (χ3v) is 4.18. The second kappa shape index (κ2) is 6.99. The Hall–Kier alpha value is -0.960. The van der Waals surface area contributed by atoms with Gasteiger partial charge in [0, 0.05) is 6.54 Å². The standard InChI is InChI=1S/C16H23F2N/c1-12-2-4-13(5-3-12)8-9-19-11-14-6-7-15(17)16(18)10-14/h6-7,10,12-13,19H,2-5,8-9,11H2,1H3. The van der Waals surface area contributed by atoms with Crippen molar-refractivity contribution in [3.8, 4) is 0 Å². The molecule has 0 saturated heterocycles. The first-order chi connectivity index (χ1) is 9.15. The maximum Gasteiger partial charge on any atom is 0.159 e. The van der Waals surface area contributed by atoms with Crippen molar-refractivity contribution < 1.29 is 8.78 Å². The lowest BCUT2D eigenvalue weighted by Crippen LogP contribution is -2.20. The van der Waals surface area contributed by atoms with Crippen molar-refractivity contribution in [3.05, 3.63) is 35.4 Å². The van der Waals surface area contributed by atoms with Gasteiger partial charge in [0.15, 0.2) is 11.6 Å². The lowest BCUT2D eigenvalue weighted by Gasteiger charge is -2.26. The molecule has 3 heteroatoms. The van der Waals surface area contributed by atoms with Gasteiger partial charge in [-0.2, -0.15) is 0 Å². The van der Waals surface area contributed by atoms with Crippen molar-refractivity contribution in [3.63, 3.8) is 0 Å². The number of halogens is 2. The maximum atomic E-state index is 13.0. The van der Waals surface area contributed by atoms with Crippen LogP contribution in [0.4, 0.5) is 8.78 Å². The summed E-state index contributed by atoms with van der Waals surface area (Å²) in [5.41, 5.74) is 0.802. The number of benzene rings is 1. The van der Waals surface area contributed by atoms with Crippen LogP contribution in [0.5, 0.6) is 0 Å². The predicted octanol–water partition coefficient (Wildman–Crippen LogP) is 4.27. The molecule has 0 unspecified atom stereocenters. The van der Waals surface area contributed by atoms with Gasteiger partial charge in [-0.25, -0.2) is 8.78 Å². The van der Waals surface area contributed by atoms with Crippen LogP contribution in [0.2, 0.25) is 0 Å². The zero-order valence-electron chi connectivity index (χ0n) is 11.6. The molecule has 0 aromatic heterocycles. The molecule has 1 aromatic carbocycles. The molecule has 1 N–H and O–H groups in total. The second-order valence-electron chi connectivity index (χ2n) is 5.84. The van der Waals surface area contributed by atoms with Crippen molar-refractivity contribution in [1.82, 2.24) is 5.32 Å². The highest BCUT2D eigenvalue weighted by Gasteiger charge is 2.17. The Morgan fingerprint density at radius 1 is 1.11 bits per heavy atom. The maximum absolute atomic E-state index is 13.0. The fourth-order valence-corrected chi connectivity index (χ4v) is 2.81. The highest BCUT2D eigenvalue weighted by Crippen LogP contribution is 2.29. The molecule has 1 nitrogen and oxygen atoms in total. The van der Waals surface area contributed by atoms with E-state index in [1.807, 2.05) is 0 Å². The number of hydrogen-bond donors (Lipinski definition) is 1. The molecule has 0 bridgehead atoms. The van der Waals surface area contributed by atoms with Gasteiger partial charge in [0.25, 0.3) is 0 Å². The van der Waals surface area contributed by atoms with Crippen molar-refractivity contribution in [1.29, 1.82) is 0 Å². The van der Waals surface area contributed by atoms with E-state index in [4.69, 9.17) is 0 Å². The van der Waals surface area contributed by atoms with Crippen LogP contribution in [0.15, 0.2) is 18.2 Å². The average Bonchev–Trinajstić information content (AvgIpc) is 2.41. The molecular formula is C16H23F2N. The molecule has 0 spiro atoms. The zero-order chi connectivity index (χ0) is 13.7. The summed E-state index contributed by atoms with van der Waals surface area (Å²) in [7, 11) is 0. The quantitative estimate of drug-likeness (QED) is 0.786. The summed E-state index contributed by atoms with van der Waals surface area (Å²) in [6.45, 7) is 3.90. The summed E-state index contributed by atoms with van der Waals surface area (Å²) in [5, 5.41) is 3.32. The van der Waals surface area contributed by atoms with Crippen molar-refractivity contribution >= 4 is 0 Å². The molecule has 0 amide bonds. The van der Waals surface area contributed by atoms with E-state index in [9.17, 15) is 8.78 Å². The lowest BCUT2D eigenvalue weighted by atomic mass is 9.81. The Kier molecular flexibility index (Phi) is 5.32. The predicted molar refractivity (Wildman–Crippen MR) is 73.8 cm³/mol. The molecule has 1 fully saturated rings. The van der Waals surface area contributed by atoms with Gasteiger partial charge >= 0.3 is 0 Å². The second-order valence-corrected chi connectivity index (χ2v) is 5.84. The highest BCUT2D eigenvalue weighted by atomic mass is 19.2. The van der Waals surface area contributed by atoms with Crippen LogP contribution in [-0.4, -0.2) is 6.54 Å². The van der Waals surface area contributed by atoms with Crippen molar-refractivity contribution in [2.45, 2.75) is 45.6 Å². The van der Waals surface area contributed by atoms with Gasteiger partial charge < -0.3 is 5.32 Å². The third kappa shape index (κ3) is 4.57. The first-order valence-corrected chi connectivity index (χ1v) is 7.30. The number of rotatable bonds is 5. The smallest absolute Gasteiger partial charge is 0.159 e. The van der Waals surface area contributed by atoms with E-state index in [1.54, 1.807) is 6.07 Å². The van der Waals surface area contributed by atoms with Crippen LogP contribution in [-0.2, 0) is 6.54 Å². The normalized spacial score (nSPS) is 23.5. The molecule has 2 rings (SSSR count). The molecular weight excluding hydrogens is 244 g/mol. The van der Waals surface area contributed by atoms with E-state index < -0.39 is 11.6 Å². The van der Waals surface area contributed by atoms with Gasteiger partial charge in [0.05, 0.1) is 0 Å². The topological polar surface area (TPSA) is 12.0 Å². The minimum Gasteiger partial charge on any atom is -0.313 e. The SMILES string of the molecule is CC1CCC(CCNCc2ccc(F)c(F)c2)CC1. The van der Waals surface area contributed by atoms with Gasteiger partial charge in [-0.1, -0.05) is 38.7 Å². The van der Waals surface area contributed by atoms with E-state index in [0.29, 0.717) is 6.54 Å². The minimum absolute atomic E-state index is 0.611. The first kappa shape index (κ1) is 14.4. The van der Waals surface area contributed by atoms with Crippen molar-refractivity contribution in [2.24, 2.45) is 11.8 Å². The van der Waals surface area contributed by atoms with Crippen LogP contribution < -0.4 is 5.32 Å². The third-order valence-electron chi connectivity index (χ3n) is 4.18. The van der Waals surface area contributed by atoms with Gasteiger partial charge in [-0.05, 0) is 42.5 Å². The number of hydrogen-bond acceptors (Lipinski definition) is 1. The summed E-state index contributed by atoms with van der Waals surface area (Å²) >= 11 is 0. The van der Waals surface area contributed by atoms with E-state index in [0.717, 1.165) is 23.9 Å². The fourth-order valence-electron chi connectivity index (χ4n) is 2.81. The summed E-state index contributed by atoms with van der Waals surface area (Å²) in [5.74, 6) is 0.195. The molecule has 106 valence electrons. The first-order valence-electron chi connectivity index (χ1n) is 7.30. The molecule has 0 aliphatic heterocycles. The van der Waals surface area contributed by atoms with E-state index in [2.05, 4.69) is 12.2 Å². The van der Waals surface area contributed by atoms with E-state index in [1.165, 1.54) is 44.2 Å². The van der Waals surface area contributed by atoms with E-state index >= 15 is 0 Å². The summed E-state index contributed by atoms with van der Waals surface area (Å²) in [4.78, 5) is 0. The molecule has 19 heavy (non-hydrogen) atoms. The molecule has 1 saturated carbocycles. The Bertz CT molecular complexity index is 398. The largest absolute Gasteiger partial charge is 0.313 e. The Balaban J connectivity index is 1.65. The van der Waals surface area contributed by atoms with Gasteiger partial charge in [0.1, 0.15) is 0 Å². The average molecular weight is 267 g/mol.